The van der Waals surface area contributed by atoms with Gasteiger partial charge in [0, 0.05) is 25.3 Å². The molecule has 6 nitrogen and oxygen atoms in total. The number of hydrogen-bond donors (Lipinski definition) is 0. The van der Waals surface area contributed by atoms with Crippen LogP contribution in [0.5, 0.6) is 0 Å². The van der Waals surface area contributed by atoms with Crippen LogP contribution >= 0.6 is 24.0 Å². The van der Waals surface area contributed by atoms with Gasteiger partial charge in [0.1, 0.15) is 9.23 Å². The Morgan fingerprint density at radius 1 is 1.00 bits per heavy atom. The van der Waals surface area contributed by atoms with Crippen LogP contribution in [-0.2, 0) is 11.3 Å². The molecule has 1 amide bonds. The average Bonchev–Trinajstić information content (AvgIpc) is 3.21. The van der Waals surface area contributed by atoms with Crippen LogP contribution in [0.1, 0.15) is 26.3 Å². The van der Waals surface area contributed by atoms with E-state index in [0.29, 0.717) is 34.6 Å². The number of oxazole rings is 1. The van der Waals surface area contributed by atoms with E-state index in [1.807, 2.05) is 57.2 Å². The zero-order valence-electron chi connectivity index (χ0n) is 16.5. The third kappa shape index (κ3) is 3.07. The number of carbonyl (C=O) groups is 1. The predicted octanol–water partition coefficient (Wildman–Crippen LogP) is 2.11. The molecule has 4 rings (SSSR count). The molecule has 0 spiro atoms. The average molecular weight is 428 g/mol. The summed E-state index contributed by atoms with van der Waals surface area (Å²) in [6, 6.07) is 8.01. The van der Waals surface area contributed by atoms with Gasteiger partial charge in [0.2, 0.25) is 11.0 Å². The number of likely N-dealkylation sites (N-methyl/N-ethyl adjacent to an activating group) is 1. The number of amides is 1. The van der Waals surface area contributed by atoms with Crippen molar-refractivity contribution in [2.75, 3.05) is 18.0 Å². The number of carbonyl (C=O) groups excluding carboxylic acids is 1. The second kappa shape index (κ2) is 7.68. The van der Waals surface area contributed by atoms with E-state index in [1.54, 1.807) is 0 Å². The summed E-state index contributed by atoms with van der Waals surface area (Å²) >= 11 is 6.50. The van der Waals surface area contributed by atoms with E-state index < -0.39 is 0 Å². The maximum atomic E-state index is 13.2. The first-order valence-electron chi connectivity index (χ1n) is 9.58. The van der Waals surface area contributed by atoms with E-state index in [0.717, 1.165) is 11.3 Å². The predicted molar refractivity (Wildman–Crippen MR) is 121 cm³/mol. The van der Waals surface area contributed by atoms with Gasteiger partial charge in [-0.3, -0.25) is 19.1 Å². The Kier molecular flexibility index (Phi) is 5.23. The molecule has 2 aliphatic heterocycles. The maximum Gasteiger partial charge on any atom is 0.298 e. The Balaban J connectivity index is 2.01. The van der Waals surface area contributed by atoms with E-state index in [4.69, 9.17) is 16.6 Å². The molecule has 0 N–H and O–H groups in total. The monoisotopic (exact) mass is 427 g/mol. The molecular formula is C21H21N3O3S2. The van der Waals surface area contributed by atoms with Gasteiger partial charge in [-0.05, 0) is 50.2 Å². The molecule has 0 atom stereocenters. The molecule has 2 aliphatic rings. The number of thiocarbonyl (C=S) groups is 1. The molecule has 0 unspecified atom stereocenters. The van der Waals surface area contributed by atoms with Crippen LogP contribution in [0.2, 0.25) is 0 Å². The highest BCUT2D eigenvalue weighted by Gasteiger charge is 2.34. The van der Waals surface area contributed by atoms with E-state index in [1.165, 1.54) is 21.2 Å². The van der Waals surface area contributed by atoms with Crippen LogP contribution in [0.15, 0.2) is 39.6 Å². The second-order valence-corrected chi connectivity index (χ2v) is 8.20. The summed E-state index contributed by atoms with van der Waals surface area (Å²) in [5.41, 5.74) is 3.05. The molecule has 0 aliphatic carbocycles. The van der Waals surface area contributed by atoms with Gasteiger partial charge in [-0.1, -0.05) is 36.5 Å². The van der Waals surface area contributed by atoms with Gasteiger partial charge in [0.25, 0.3) is 11.5 Å². The maximum absolute atomic E-state index is 13.2. The lowest BCUT2D eigenvalue weighted by atomic mass is 10.1. The Morgan fingerprint density at radius 3 is 2.38 bits per heavy atom. The third-order valence-electron chi connectivity index (χ3n) is 5.05. The van der Waals surface area contributed by atoms with E-state index >= 15 is 0 Å². The first kappa shape index (κ1) is 19.7. The van der Waals surface area contributed by atoms with Crippen LogP contribution in [0.3, 0.4) is 0 Å². The number of hydrogen-bond acceptors (Lipinski definition) is 6. The van der Waals surface area contributed by atoms with Crippen molar-refractivity contribution < 1.29 is 9.21 Å². The number of aromatic nitrogens is 1. The normalized spacial score (nSPS) is 20.0. The lowest BCUT2D eigenvalue weighted by molar-refractivity contribution is -0.120. The Bertz CT molecular complexity index is 1220. The van der Waals surface area contributed by atoms with E-state index in [-0.39, 0.29) is 22.4 Å². The van der Waals surface area contributed by atoms with Gasteiger partial charge in [-0.25, -0.2) is 0 Å². The summed E-state index contributed by atoms with van der Waals surface area (Å²) in [6.45, 7) is 7.32. The molecule has 1 aromatic carbocycles. The van der Waals surface area contributed by atoms with Gasteiger partial charge in [-0.2, -0.15) is 0 Å². The van der Waals surface area contributed by atoms with Crippen LogP contribution < -0.4 is 21.4 Å². The highest BCUT2D eigenvalue weighted by molar-refractivity contribution is 8.30. The second-order valence-electron chi connectivity index (χ2n) is 6.55. The van der Waals surface area contributed by atoms with Crippen molar-refractivity contribution in [3.05, 3.63) is 57.2 Å². The number of thioether (sulfide) groups is 1. The molecule has 1 fully saturated rings. The minimum absolute atomic E-state index is 0.216. The first-order valence-corrected chi connectivity index (χ1v) is 10.8. The summed E-state index contributed by atoms with van der Waals surface area (Å²) in [4.78, 5) is 29.9. The standard InChI is InChI=1S/C21H21N3O3S2/c1-4-22-14-10-8-7-9-13(14)11-12-15(22)16-18(25)23(5-2)20(27-16)17-19(26)24(6-3)21(28)29-17/h7-12H,4-6H2,1-3H3/b16-15-,20-17+. The number of anilines is 1. The molecule has 1 saturated heterocycles. The minimum Gasteiger partial charge on any atom is -0.431 e. The van der Waals surface area contributed by atoms with Crippen molar-refractivity contribution in [3.8, 4) is 0 Å². The number of nitrogens with zero attached hydrogens (tertiary/aromatic N) is 3. The summed E-state index contributed by atoms with van der Waals surface area (Å²) in [5, 5.41) is 0. The topological polar surface area (TPSA) is 58.7 Å². The van der Waals surface area contributed by atoms with Crippen molar-refractivity contribution in [2.24, 2.45) is 0 Å². The van der Waals surface area contributed by atoms with Gasteiger partial charge in [-0.15, -0.1) is 0 Å². The molecule has 2 aromatic rings. The summed E-state index contributed by atoms with van der Waals surface area (Å²) in [5.74, 6) is -0.216. The van der Waals surface area contributed by atoms with Gasteiger partial charge in [0.05, 0.1) is 5.70 Å². The fraction of sp³-hybridized carbons (Fsp3) is 0.286. The molecule has 0 radical (unpaired) electrons. The van der Waals surface area contributed by atoms with Crippen molar-refractivity contribution in [1.82, 2.24) is 9.47 Å². The summed E-state index contributed by atoms with van der Waals surface area (Å²) in [6.07, 6.45) is 3.87. The molecule has 0 saturated carbocycles. The Labute approximate surface area is 177 Å². The SMILES string of the molecule is CCN1C(=O)/C(=c2\o/c(=C3/C=Cc4ccccc4N3CC)c(=O)n2CC)SC1=S. The Hall–Kier alpha value is -2.58. The quantitative estimate of drug-likeness (QED) is 0.700. The van der Waals surface area contributed by atoms with Crippen LogP contribution in [-0.4, -0.2) is 32.8 Å². The van der Waals surface area contributed by atoms with E-state index in [2.05, 4.69) is 4.90 Å². The molecule has 1 aromatic heterocycles. The molecular weight excluding hydrogens is 406 g/mol. The molecule has 29 heavy (non-hydrogen) atoms. The lowest BCUT2D eigenvalue weighted by Gasteiger charge is -2.28. The van der Waals surface area contributed by atoms with Crippen molar-refractivity contribution in [2.45, 2.75) is 27.3 Å². The first-order chi connectivity index (χ1) is 14.0. The zero-order chi connectivity index (χ0) is 20.7. The lowest BCUT2D eigenvalue weighted by Crippen LogP contribution is -2.37. The number of fused-ring (bicyclic) bond motifs is 1. The Morgan fingerprint density at radius 2 is 1.72 bits per heavy atom. The molecule has 3 heterocycles. The summed E-state index contributed by atoms with van der Waals surface area (Å²) in [7, 11) is 0. The van der Waals surface area contributed by atoms with Gasteiger partial charge in [0.15, 0.2) is 0 Å². The van der Waals surface area contributed by atoms with Crippen LogP contribution in [0, 0.1) is 0 Å². The van der Waals surface area contributed by atoms with Crippen LogP contribution in [0.25, 0.3) is 16.7 Å². The van der Waals surface area contributed by atoms with Gasteiger partial charge >= 0.3 is 0 Å². The highest BCUT2D eigenvalue weighted by Crippen LogP contribution is 2.31. The van der Waals surface area contributed by atoms with Crippen LogP contribution in [0.4, 0.5) is 5.69 Å². The molecule has 8 heteroatoms. The number of para-hydroxylation sites is 1. The van der Waals surface area contributed by atoms with Crippen molar-refractivity contribution in [1.29, 1.82) is 0 Å². The fourth-order valence-electron chi connectivity index (χ4n) is 3.63. The number of rotatable bonds is 3. The molecule has 150 valence electrons. The smallest absolute Gasteiger partial charge is 0.298 e. The number of benzene rings is 1. The van der Waals surface area contributed by atoms with Crippen molar-refractivity contribution >= 4 is 56.6 Å². The largest absolute Gasteiger partial charge is 0.431 e. The van der Waals surface area contributed by atoms with Gasteiger partial charge < -0.3 is 9.32 Å². The zero-order valence-corrected chi connectivity index (χ0v) is 18.1. The van der Waals surface area contributed by atoms with E-state index in [9.17, 15) is 9.59 Å². The fourth-order valence-corrected chi connectivity index (χ4v) is 5.02. The minimum atomic E-state index is -0.248. The molecule has 0 bridgehead atoms. The summed E-state index contributed by atoms with van der Waals surface area (Å²) < 4.78 is 8.06. The third-order valence-corrected chi connectivity index (χ3v) is 6.47. The van der Waals surface area contributed by atoms with Crippen molar-refractivity contribution in [3.63, 3.8) is 0 Å². The highest BCUT2D eigenvalue weighted by atomic mass is 32.2.